The van der Waals surface area contributed by atoms with Crippen LogP contribution in [-0.4, -0.2) is 18.2 Å². The highest BCUT2D eigenvalue weighted by molar-refractivity contribution is 9.08. The van der Waals surface area contributed by atoms with E-state index in [4.69, 9.17) is 16.3 Å². The van der Waals surface area contributed by atoms with Crippen LogP contribution >= 0.6 is 27.5 Å². The van der Waals surface area contributed by atoms with Gasteiger partial charge in [0.2, 0.25) is 0 Å². The Morgan fingerprint density at radius 1 is 1.40 bits per heavy atom. The summed E-state index contributed by atoms with van der Waals surface area (Å²) in [5, 5.41) is 4.27. The number of aryl methyl sites for hydroxylation is 1. The lowest BCUT2D eigenvalue weighted by Crippen LogP contribution is -2.33. The first kappa shape index (κ1) is 17.3. The summed E-state index contributed by atoms with van der Waals surface area (Å²) < 4.78 is 5.17. The minimum absolute atomic E-state index is 0.366. The van der Waals surface area contributed by atoms with Gasteiger partial charge >= 0.3 is 6.09 Å². The molecule has 0 saturated heterocycles. The predicted octanol–water partition coefficient (Wildman–Crippen LogP) is 4.69. The summed E-state index contributed by atoms with van der Waals surface area (Å²) in [6.07, 6.45) is 1.39. The molecule has 5 heteroatoms. The first-order valence-corrected chi connectivity index (χ1v) is 8.12. The van der Waals surface area contributed by atoms with Gasteiger partial charge in [-0.3, -0.25) is 0 Å². The van der Waals surface area contributed by atoms with Gasteiger partial charge in [-0.1, -0.05) is 39.7 Å². The van der Waals surface area contributed by atoms with Gasteiger partial charge in [-0.05, 0) is 50.8 Å². The van der Waals surface area contributed by atoms with Crippen molar-refractivity contribution in [1.82, 2.24) is 5.32 Å². The summed E-state index contributed by atoms with van der Waals surface area (Å²) >= 11 is 9.47. The van der Waals surface area contributed by atoms with E-state index in [1.807, 2.05) is 32.9 Å². The molecule has 0 atom stereocenters. The number of benzene rings is 1. The highest BCUT2D eigenvalue weighted by Crippen LogP contribution is 2.20. The first-order valence-electron chi connectivity index (χ1n) is 6.62. The second-order valence-corrected chi connectivity index (χ2v) is 6.56. The molecule has 0 unspecified atom stereocenters. The molecule has 0 aliphatic carbocycles. The molecule has 0 aromatic heterocycles. The molecular formula is C15H21BrClNO2. The number of alkyl halides is 1. The predicted molar refractivity (Wildman–Crippen MR) is 86.6 cm³/mol. The molecule has 20 heavy (non-hydrogen) atoms. The number of carbonyl (C=O) groups excluding carboxylic acids is 1. The van der Waals surface area contributed by atoms with E-state index in [0.29, 0.717) is 6.54 Å². The summed E-state index contributed by atoms with van der Waals surface area (Å²) in [4.78, 5) is 11.5. The number of hydrogen-bond acceptors (Lipinski definition) is 2. The molecule has 1 aromatic carbocycles. The van der Waals surface area contributed by atoms with Gasteiger partial charge in [-0.25, -0.2) is 4.79 Å². The fourth-order valence-corrected chi connectivity index (χ4v) is 2.49. The van der Waals surface area contributed by atoms with Crippen LogP contribution in [0.1, 0.15) is 38.3 Å². The molecule has 0 aliphatic rings. The highest BCUT2D eigenvalue weighted by Gasteiger charge is 2.15. The number of hydrogen-bond donors (Lipinski definition) is 1. The Hall–Kier alpha value is -0.740. The van der Waals surface area contributed by atoms with E-state index in [1.54, 1.807) is 0 Å². The molecule has 112 valence electrons. The second-order valence-electron chi connectivity index (χ2n) is 5.59. The Labute approximate surface area is 134 Å². The van der Waals surface area contributed by atoms with Crippen LogP contribution < -0.4 is 5.32 Å². The molecule has 1 amide bonds. The third kappa shape index (κ3) is 6.62. The van der Waals surface area contributed by atoms with Crippen LogP contribution in [0.15, 0.2) is 18.2 Å². The Morgan fingerprint density at radius 2 is 2.10 bits per heavy atom. The van der Waals surface area contributed by atoms with Gasteiger partial charge in [0.15, 0.2) is 0 Å². The van der Waals surface area contributed by atoms with Crippen molar-refractivity contribution in [1.29, 1.82) is 0 Å². The van der Waals surface area contributed by atoms with Gasteiger partial charge in [0, 0.05) is 16.9 Å². The van der Waals surface area contributed by atoms with Gasteiger partial charge in [-0.2, -0.15) is 0 Å². The quantitative estimate of drug-likeness (QED) is 0.609. The number of nitrogens with one attached hydrogen (secondary N) is 1. The number of carbonyl (C=O) groups is 1. The normalized spacial score (nSPS) is 11.2. The van der Waals surface area contributed by atoms with Crippen molar-refractivity contribution < 1.29 is 9.53 Å². The lowest BCUT2D eigenvalue weighted by molar-refractivity contribution is 0.0527. The Balaban J connectivity index is 2.33. The zero-order chi connectivity index (χ0) is 15.2. The van der Waals surface area contributed by atoms with Crippen molar-refractivity contribution in [2.75, 3.05) is 6.54 Å². The maximum atomic E-state index is 11.5. The SMILES string of the molecule is CC(C)(C)OC(=O)NCCCc1ccc(Cl)c(CBr)c1. The molecule has 1 aromatic rings. The van der Waals surface area contributed by atoms with E-state index < -0.39 is 5.60 Å². The average Bonchev–Trinajstić information content (AvgIpc) is 2.34. The Kier molecular flexibility index (Phi) is 6.83. The number of alkyl carbamates (subject to hydrolysis) is 1. The summed E-state index contributed by atoms with van der Waals surface area (Å²) in [5.41, 5.74) is 1.85. The van der Waals surface area contributed by atoms with Crippen LogP contribution in [0.5, 0.6) is 0 Å². The minimum atomic E-state index is -0.453. The van der Waals surface area contributed by atoms with Crippen molar-refractivity contribution in [3.8, 4) is 0 Å². The largest absolute Gasteiger partial charge is 0.444 e. The molecule has 3 nitrogen and oxygen atoms in total. The average molecular weight is 363 g/mol. The summed E-state index contributed by atoms with van der Waals surface area (Å²) in [5.74, 6) is 0. The third-order valence-electron chi connectivity index (χ3n) is 2.56. The molecule has 0 bridgehead atoms. The van der Waals surface area contributed by atoms with E-state index in [0.717, 1.165) is 28.8 Å². The lowest BCUT2D eigenvalue weighted by Gasteiger charge is -2.19. The molecule has 0 saturated carbocycles. The maximum absolute atomic E-state index is 11.5. The van der Waals surface area contributed by atoms with Crippen LogP contribution in [0.3, 0.4) is 0 Å². The molecule has 0 radical (unpaired) electrons. The van der Waals surface area contributed by atoms with E-state index in [9.17, 15) is 4.79 Å². The summed E-state index contributed by atoms with van der Waals surface area (Å²) in [6.45, 7) is 6.15. The smallest absolute Gasteiger partial charge is 0.407 e. The summed E-state index contributed by atoms with van der Waals surface area (Å²) in [7, 11) is 0. The van der Waals surface area contributed by atoms with Crippen LogP contribution in [0.4, 0.5) is 4.79 Å². The monoisotopic (exact) mass is 361 g/mol. The standard InChI is InChI=1S/C15H21BrClNO2/c1-15(2,3)20-14(19)18-8-4-5-11-6-7-13(17)12(9-11)10-16/h6-7,9H,4-5,8,10H2,1-3H3,(H,18,19). The Morgan fingerprint density at radius 3 is 2.70 bits per heavy atom. The molecule has 1 rings (SSSR count). The molecule has 0 heterocycles. The zero-order valence-electron chi connectivity index (χ0n) is 12.1. The van der Waals surface area contributed by atoms with Crippen molar-refractivity contribution in [2.45, 2.75) is 44.5 Å². The fraction of sp³-hybridized carbons (Fsp3) is 0.533. The maximum Gasteiger partial charge on any atom is 0.407 e. The number of amides is 1. The molecule has 0 aliphatic heterocycles. The van der Waals surface area contributed by atoms with Crippen molar-refractivity contribution in [2.24, 2.45) is 0 Å². The lowest BCUT2D eigenvalue weighted by atomic mass is 10.1. The van der Waals surface area contributed by atoms with Crippen LogP contribution in [0, 0.1) is 0 Å². The van der Waals surface area contributed by atoms with Gasteiger partial charge < -0.3 is 10.1 Å². The van der Waals surface area contributed by atoms with Crippen LogP contribution in [0.2, 0.25) is 5.02 Å². The third-order valence-corrected chi connectivity index (χ3v) is 3.54. The number of ether oxygens (including phenoxy) is 1. The zero-order valence-corrected chi connectivity index (χ0v) is 14.5. The van der Waals surface area contributed by atoms with Crippen molar-refractivity contribution >= 4 is 33.6 Å². The molecule has 0 spiro atoms. The Bertz CT molecular complexity index is 458. The molecular weight excluding hydrogens is 342 g/mol. The highest BCUT2D eigenvalue weighted by atomic mass is 79.9. The minimum Gasteiger partial charge on any atom is -0.444 e. The van der Waals surface area contributed by atoms with Crippen molar-refractivity contribution in [3.63, 3.8) is 0 Å². The number of halogens is 2. The van der Waals surface area contributed by atoms with E-state index in [-0.39, 0.29) is 6.09 Å². The topological polar surface area (TPSA) is 38.3 Å². The second kappa shape index (κ2) is 7.89. The van der Waals surface area contributed by atoms with Gasteiger partial charge in [0.25, 0.3) is 0 Å². The van der Waals surface area contributed by atoms with E-state index in [1.165, 1.54) is 5.56 Å². The van der Waals surface area contributed by atoms with Crippen LogP contribution in [0.25, 0.3) is 0 Å². The van der Waals surface area contributed by atoms with Gasteiger partial charge in [0.1, 0.15) is 5.60 Å². The summed E-state index contributed by atoms with van der Waals surface area (Å²) in [6, 6.07) is 6.02. The van der Waals surface area contributed by atoms with E-state index >= 15 is 0 Å². The number of rotatable bonds is 5. The molecule has 0 fully saturated rings. The first-order chi connectivity index (χ1) is 9.31. The van der Waals surface area contributed by atoms with E-state index in [2.05, 4.69) is 27.3 Å². The molecule has 1 N–H and O–H groups in total. The fourth-order valence-electron chi connectivity index (χ4n) is 1.68. The van der Waals surface area contributed by atoms with Gasteiger partial charge in [-0.15, -0.1) is 0 Å². The van der Waals surface area contributed by atoms with Crippen molar-refractivity contribution in [3.05, 3.63) is 34.3 Å². The van der Waals surface area contributed by atoms with Crippen LogP contribution in [-0.2, 0) is 16.5 Å². The van der Waals surface area contributed by atoms with Gasteiger partial charge in [0.05, 0.1) is 0 Å².